The molecule has 0 amide bonds. The first kappa shape index (κ1) is 16.2. The Bertz CT molecular complexity index is 395. The van der Waals surface area contributed by atoms with Gasteiger partial charge in [0.05, 0.1) is 0 Å². The van der Waals surface area contributed by atoms with E-state index in [9.17, 15) is 8.42 Å². The smallest absolute Gasteiger partial charge is 0.281 e. The largest absolute Gasteiger partial charge is 0.314 e. The van der Waals surface area contributed by atoms with E-state index in [1.807, 2.05) is 0 Å². The van der Waals surface area contributed by atoms with Crippen LogP contribution in [0.5, 0.6) is 0 Å². The lowest BCUT2D eigenvalue weighted by Gasteiger charge is -2.34. The highest BCUT2D eigenvalue weighted by atomic mass is 32.2. The lowest BCUT2D eigenvalue weighted by atomic mass is 10.00. The molecule has 1 saturated carbocycles. The van der Waals surface area contributed by atoms with Gasteiger partial charge in [-0.1, -0.05) is 13.3 Å². The van der Waals surface area contributed by atoms with Crippen LogP contribution in [0.3, 0.4) is 0 Å². The lowest BCUT2D eigenvalue weighted by molar-refractivity contribution is 0.245. The van der Waals surface area contributed by atoms with E-state index in [4.69, 9.17) is 0 Å². The molecule has 0 aromatic heterocycles. The zero-order chi connectivity index (χ0) is 14.6. The molecule has 0 spiro atoms. The molecule has 0 radical (unpaired) electrons. The average Bonchev–Trinajstić information content (AvgIpc) is 3.27. The van der Waals surface area contributed by atoms with Crippen LogP contribution in [0.15, 0.2) is 0 Å². The number of hydrogen-bond donors (Lipinski definition) is 1. The first-order valence-corrected chi connectivity index (χ1v) is 9.38. The Kier molecular flexibility index (Phi) is 5.84. The first-order chi connectivity index (χ1) is 9.54. The van der Waals surface area contributed by atoms with Crippen LogP contribution in [-0.2, 0) is 10.2 Å². The molecule has 1 unspecified atom stereocenters. The fourth-order valence-corrected chi connectivity index (χ4v) is 4.23. The van der Waals surface area contributed by atoms with Crippen LogP contribution in [0.2, 0.25) is 0 Å². The van der Waals surface area contributed by atoms with Gasteiger partial charge < -0.3 is 5.32 Å². The molecule has 1 aliphatic heterocycles. The van der Waals surface area contributed by atoms with Crippen molar-refractivity contribution in [2.75, 3.05) is 33.2 Å². The molecule has 2 fully saturated rings. The molecule has 1 aliphatic carbocycles. The summed E-state index contributed by atoms with van der Waals surface area (Å²) < 4.78 is 28.2. The fourth-order valence-electron chi connectivity index (χ4n) is 2.72. The highest BCUT2D eigenvalue weighted by molar-refractivity contribution is 7.86. The first-order valence-electron chi connectivity index (χ1n) is 7.98. The minimum Gasteiger partial charge on any atom is -0.314 e. The maximum absolute atomic E-state index is 12.5. The lowest BCUT2D eigenvalue weighted by Crippen LogP contribution is -2.48. The van der Waals surface area contributed by atoms with E-state index in [0.29, 0.717) is 31.6 Å². The van der Waals surface area contributed by atoms with Crippen LogP contribution in [0.4, 0.5) is 0 Å². The molecule has 1 heterocycles. The summed E-state index contributed by atoms with van der Waals surface area (Å²) in [5, 5.41) is 3.53. The minimum absolute atomic E-state index is 0.471. The summed E-state index contributed by atoms with van der Waals surface area (Å²) >= 11 is 0. The minimum atomic E-state index is -3.25. The molecule has 118 valence electrons. The molecular weight excluding hydrogens is 274 g/mol. The van der Waals surface area contributed by atoms with Gasteiger partial charge in [-0.05, 0) is 44.6 Å². The van der Waals surface area contributed by atoms with Crippen molar-refractivity contribution in [3.63, 3.8) is 0 Å². The molecule has 1 saturated heterocycles. The van der Waals surface area contributed by atoms with Crippen LogP contribution in [0, 0.1) is 5.92 Å². The zero-order valence-electron chi connectivity index (χ0n) is 12.8. The van der Waals surface area contributed by atoms with Crippen LogP contribution in [0.25, 0.3) is 0 Å². The van der Waals surface area contributed by atoms with Gasteiger partial charge in [0.2, 0.25) is 0 Å². The third kappa shape index (κ3) is 4.41. The van der Waals surface area contributed by atoms with Gasteiger partial charge in [-0.3, -0.25) is 0 Å². The van der Waals surface area contributed by atoms with Gasteiger partial charge >= 0.3 is 0 Å². The molecule has 6 heteroatoms. The number of nitrogens with zero attached hydrogens (tertiary/aromatic N) is 2. The monoisotopic (exact) mass is 303 g/mol. The number of unbranched alkanes of at least 4 members (excludes halogenated alkanes) is 1. The standard InChI is InChI=1S/C14H29N3O2S/c1-3-4-9-16(2)20(18,19)17-10-5-6-13(12-17)11-15-14-7-8-14/h13-15H,3-12H2,1-2H3. The number of piperidine rings is 1. The molecule has 5 nitrogen and oxygen atoms in total. The van der Waals surface area contributed by atoms with Crippen molar-refractivity contribution in [1.82, 2.24) is 13.9 Å². The van der Waals surface area contributed by atoms with Crippen LogP contribution in [0.1, 0.15) is 45.4 Å². The van der Waals surface area contributed by atoms with E-state index in [2.05, 4.69) is 12.2 Å². The number of hydrogen-bond acceptors (Lipinski definition) is 3. The van der Waals surface area contributed by atoms with Crippen molar-refractivity contribution in [3.8, 4) is 0 Å². The Hall–Kier alpha value is -0.170. The van der Waals surface area contributed by atoms with Crippen molar-refractivity contribution in [2.24, 2.45) is 5.92 Å². The van der Waals surface area contributed by atoms with Crippen molar-refractivity contribution < 1.29 is 8.42 Å². The Morgan fingerprint density at radius 1 is 1.30 bits per heavy atom. The molecule has 1 atom stereocenters. The molecule has 2 rings (SSSR count). The summed E-state index contributed by atoms with van der Waals surface area (Å²) in [6.45, 7) is 5.04. The second-order valence-corrected chi connectivity index (χ2v) is 8.27. The van der Waals surface area contributed by atoms with Crippen molar-refractivity contribution in [1.29, 1.82) is 0 Å². The predicted octanol–water partition coefficient (Wildman–Crippen LogP) is 1.43. The third-order valence-corrected chi connectivity index (χ3v) is 6.26. The van der Waals surface area contributed by atoms with Crippen LogP contribution < -0.4 is 5.32 Å². The van der Waals surface area contributed by atoms with Gasteiger partial charge in [0, 0.05) is 32.7 Å². The summed E-state index contributed by atoms with van der Waals surface area (Å²) in [4.78, 5) is 0. The second-order valence-electron chi connectivity index (χ2n) is 6.23. The molecule has 0 bridgehead atoms. The van der Waals surface area contributed by atoms with Gasteiger partial charge in [0.15, 0.2) is 0 Å². The summed E-state index contributed by atoms with van der Waals surface area (Å²) in [5.41, 5.74) is 0. The summed E-state index contributed by atoms with van der Waals surface area (Å²) in [6.07, 6.45) is 6.65. The van der Waals surface area contributed by atoms with Gasteiger partial charge in [0.25, 0.3) is 10.2 Å². The number of rotatable bonds is 8. The van der Waals surface area contributed by atoms with Crippen molar-refractivity contribution in [3.05, 3.63) is 0 Å². The van der Waals surface area contributed by atoms with E-state index < -0.39 is 10.2 Å². The molecule has 20 heavy (non-hydrogen) atoms. The topological polar surface area (TPSA) is 52.7 Å². The molecule has 0 aromatic rings. The van der Waals surface area contributed by atoms with Gasteiger partial charge in [0.1, 0.15) is 0 Å². The van der Waals surface area contributed by atoms with Gasteiger partial charge in [-0.15, -0.1) is 0 Å². The Balaban J connectivity index is 1.85. The highest BCUT2D eigenvalue weighted by Crippen LogP contribution is 2.23. The Morgan fingerprint density at radius 3 is 2.70 bits per heavy atom. The van der Waals surface area contributed by atoms with E-state index in [0.717, 1.165) is 32.2 Å². The summed E-state index contributed by atoms with van der Waals surface area (Å²) in [5.74, 6) is 0.471. The van der Waals surface area contributed by atoms with Gasteiger partial charge in [-0.25, -0.2) is 0 Å². The second kappa shape index (κ2) is 7.20. The zero-order valence-corrected chi connectivity index (χ0v) is 13.7. The van der Waals surface area contributed by atoms with Gasteiger partial charge in [-0.2, -0.15) is 17.0 Å². The quantitative estimate of drug-likeness (QED) is 0.738. The van der Waals surface area contributed by atoms with E-state index in [1.54, 1.807) is 11.4 Å². The normalized spacial score (nSPS) is 25.2. The van der Waals surface area contributed by atoms with Crippen LogP contribution >= 0.6 is 0 Å². The average molecular weight is 303 g/mol. The maximum atomic E-state index is 12.5. The molecular formula is C14H29N3O2S. The van der Waals surface area contributed by atoms with E-state index in [1.165, 1.54) is 17.1 Å². The maximum Gasteiger partial charge on any atom is 0.281 e. The summed E-state index contributed by atoms with van der Waals surface area (Å²) in [7, 11) is -1.55. The van der Waals surface area contributed by atoms with E-state index >= 15 is 0 Å². The van der Waals surface area contributed by atoms with Crippen molar-refractivity contribution >= 4 is 10.2 Å². The number of nitrogens with one attached hydrogen (secondary N) is 1. The summed E-state index contributed by atoms with van der Waals surface area (Å²) in [6, 6.07) is 0.703. The SMILES string of the molecule is CCCCN(C)S(=O)(=O)N1CCCC(CNC2CC2)C1. The predicted molar refractivity (Wildman–Crippen MR) is 81.8 cm³/mol. The third-order valence-electron chi connectivity index (χ3n) is 4.30. The Morgan fingerprint density at radius 2 is 2.05 bits per heavy atom. The molecule has 2 aliphatic rings. The molecule has 0 aromatic carbocycles. The molecule has 1 N–H and O–H groups in total. The highest BCUT2D eigenvalue weighted by Gasteiger charge is 2.32. The van der Waals surface area contributed by atoms with Crippen molar-refractivity contribution in [2.45, 2.75) is 51.5 Å². The van der Waals surface area contributed by atoms with E-state index in [-0.39, 0.29) is 0 Å². The Labute approximate surface area is 123 Å². The fraction of sp³-hybridized carbons (Fsp3) is 1.00. The van der Waals surface area contributed by atoms with Crippen LogP contribution in [-0.4, -0.2) is 56.3 Å².